The second-order valence-electron chi connectivity index (χ2n) is 7.22. The van der Waals surface area contributed by atoms with Gasteiger partial charge in [-0.15, -0.1) is 11.8 Å². The fourth-order valence-electron chi connectivity index (χ4n) is 3.66. The number of benzene rings is 1. The van der Waals surface area contributed by atoms with Crippen LogP contribution in [0.1, 0.15) is 33.5 Å². The first-order chi connectivity index (χ1) is 14.8. The van der Waals surface area contributed by atoms with Crippen LogP contribution in [0.15, 0.2) is 18.2 Å². The number of aromatic hydroxyl groups is 1. The molecule has 1 aromatic carbocycles. The minimum absolute atomic E-state index is 0.0714. The van der Waals surface area contributed by atoms with Crippen molar-refractivity contribution in [1.82, 2.24) is 19.7 Å². The lowest BCUT2D eigenvalue weighted by Gasteiger charge is -2.18. The second-order valence-corrected chi connectivity index (χ2v) is 8.32. The van der Waals surface area contributed by atoms with E-state index >= 15 is 0 Å². The average molecular weight is 442 g/mol. The standard InChI is InChI=1S/C21H23N5O4S/c1-10-6-11(2)23-21(22-10)26-20-17(12(3)25-26)19(31-9-16(27)24-20)13-7-14(29-4)18(28)15(8-13)30-5/h6-8,19,28H,9H2,1-5H3,(H,24,27)/t19-/m1/s1. The summed E-state index contributed by atoms with van der Waals surface area (Å²) >= 11 is 1.46. The summed E-state index contributed by atoms with van der Waals surface area (Å²) < 4.78 is 12.2. The van der Waals surface area contributed by atoms with Crippen LogP contribution in [0, 0.1) is 20.8 Å². The van der Waals surface area contributed by atoms with E-state index in [4.69, 9.17) is 9.47 Å². The molecule has 162 valence electrons. The number of phenols is 1. The molecule has 9 nitrogen and oxygen atoms in total. The molecular weight excluding hydrogens is 418 g/mol. The van der Waals surface area contributed by atoms with Gasteiger partial charge in [0.1, 0.15) is 5.82 Å². The summed E-state index contributed by atoms with van der Waals surface area (Å²) in [7, 11) is 2.96. The number of anilines is 1. The van der Waals surface area contributed by atoms with Crippen LogP contribution in [-0.2, 0) is 4.79 Å². The molecular formula is C21H23N5O4S. The molecule has 1 aliphatic rings. The number of amides is 1. The molecule has 0 radical (unpaired) electrons. The summed E-state index contributed by atoms with van der Waals surface area (Å²) in [5.41, 5.74) is 4.02. The first-order valence-electron chi connectivity index (χ1n) is 9.61. The van der Waals surface area contributed by atoms with Crippen molar-refractivity contribution in [2.45, 2.75) is 26.0 Å². The normalized spacial score (nSPS) is 15.8. The summed E-state index contributed by atoms with van der Waals surface area (Å²) in [6, 6.07) is 5.38. The maximum atomic E-state index is 12.5. The Balaban J connectivity index is 1.92. The molecule has 0 spiro atoms. The smallest absolute Gasteiger partial charge is 0.252 e. The van der Waals surface area contributed by atoms with Gasteiger partial charge < -0.3 is 19.9 Å². The fourth-order valence-corrected chi connectivity index (χ4v) is 4.83. The number of rotatable bonds is 4. The largest absolute Gasteiger partial charge is 0.502 e. The number of thioether (sulfide) groups is 1. The van der Waals surface area contributed by atoms with E-state index in [-0.39, 0.29) is 22.7 Å². The molecule has 0 aliphatic carbocycles. The minimum Gasteiger partial charge on any atom is -0.502 e. The van der Waals surface area contributed by atoms with Gasteiger partial charge in [0, 0.05) is 17.0 Å². The number of fused-ring (bicyclic) bond motifs is 1. The van der Waals surface area contributed by atoms with Crippen LogP contribution in [-0.4, -0.2) is 50.7 Å². The number of aryl methyl sites for hydroxylation is 3. The van der Waals surface area contributed by atoms with Gasteiger partial charge >= 0.3 is 0 Å². The Morgan fingerprint density at radius 3 is 2.29 bits per heavy atom. The van der Waals surface area contributed by atoms with Crippen molar-refractivity contribution < 1.29 is 19.4 Å². The van der Waals surface area contributed by atoms with Crippen molar-refractivity contribution in [3.63, 3.8) is 0 Å². The number of phenolic OH excluding ortho intramolecular Hbond substituents is 1. The van der Waals surface area contributed by atoms with Crippen LogP contribution in [0.25, 0.3) is 5.95 Å². The number of nitrogens with one attached hydrogen (secondary N) is 1. The van der Waals surface area contributed by atoms with E-state index in [2.05, 4.69) is 20.4 Å². The average Bonchev–Trinajstić information content (AvgIpc) is 2.93. The molecule has 0 unspecified atom stereocenters. The van der Waals surface area contributed by atoms with Crippen molar-refractivity contribution in [2.75, 3.05) is 25.3 Å². The lowest BCUT2D eigenvalue weighted by molar-refractivity contribution is -0.113. The number of aromatic nitrogens is 4. The number of carbonyl (C=O) groups excluding carboxylic acids is 1. The molecule has 1 atom stereocenters. The summed E-state index contributed by atoms with van der Waals surface area (Å²) in [5, 5.41) is 17.7. The molecule has 2 aromatic heterocycles. The van der Waals surface area contributed by atoms with Crippen molar-refractivity contribution in [2.24, 2.45) is 0 Å². The SMILES string of the molecule is COc1cc([C@H]2SCC(=O)Nc3c2c(C)nn3-c2nc(C)cc(C)n2)cc(OC)c1O. The first kappa shape index (κ1) is 21.0. The van der Waals surface area contributed by atoms with Crippen molar-refractivity contribution in [3.05, 3.63) is 46.4 Å². The highest BCUT2D eigenvalue weighted by Gasteiger charge is 2.32. The highest BCUT2D eigenvalue weighted by atomic mass is 32.2. The first-order valence-corrected chi connectivity index (χ1v) is 10.7. The van der Waals surface area contributed by atoms with Crippen molar-refractivity contribution in [3.8, 4) is 23.2 Å². The predicted molar refractivity (Wildman–Crippen MR) is 118 cm³/mol. The van der Waals surface area contributed by atoms with Gasteiger partial charge in [-0.1, -0.05) is 0 Å². The quantitative estimate of drug-likeness (QED) is 0.635. The molecule has 31 heavy (non-hydrogen) atoms. The van der Waals surface area contributed by atoms with Gasteiger partial charge in [-0.25, -0.2) is 9.97 Å². The van der Waals surface area contributed by atoms with Crippen molar-refractivity contribution >= 4 is 23.5 Å². The van der Waals surface area contributed by atoms with E-state index in [0.717, 1.165) is 28.2 Å². The maximum Gasteiger partial charge on any atom is 0.252 e. The molecule has 4 rings (SSSR count). The van der Waals surface area contributed by atoms with Crippen LogP contribution < -0.4 is 14.8 Å². The molecule has 1 aliphatic heterocycles. The van der Waals surface area contributed by atoms with Crippen molar-refractivity contribution in [1.29, 1.82) is 0 Å². The van der Waals surface area contributed by atoms with Gasteiger partial charge in [0.2, 0.25) is 11.7 Å². The monoisotopic (exact) mass is 441 g/mol. The third kappa shape index (κ3) is 3.78. The third-order valence-electron chi connectivity index (χ3n) is 4.97. The Hall–Kier alpha value is -3.27. The Kier molecular flexibility index (Phi) is 5.48. The second kappa shape index (κ2) is 8.10. The Morgan fingerprint density at radius 1 is 1.10 bits per heavy atom. The zero-order valence-corrected chi connectivity index (χ0v) is 18.7. The number of ether oxygens (including phenoxy) is 2. The molecule has 10 heteroatoms. The van der Waals surface area contributed by atoms with Crippen LogP contribution >= 0.6 is 11.8 Å². The number of hydrogen-bond donors (Lipinski definition) is 2. The molecule has 1 amide bonds. The molecule has 0 fully saturated rings. The lowest BCUT2D eigenvalue weighted by Crippen LogP contribution is -2.17. The summed E-state index contributed by atoms with van der Waals surface area (Å²) in [5.74, 6) is 1.56. The van der Waals surface area contributed by atoms with Gasteiger partial charge in [0.15, 0.2) is 11.5 Å². The summed E-state index contributed by atoms with van der Waals surface area (Å²) in [4.78, 5) is 21.6. The molecule has 0 saturated carbocycles. The number of carbonyl (C=O) groups is 1. The van der Waals surface area contributed by atoms with E-state index in [1.807, 2.05) is 26.8 Å². The number of hydrogen-bond acceptors (Lipinski definition) is 8. The zero-order chi connectivity index (χ0) is 22.3. The Morgan fingerprint density at radius 2 is 1.71 bits per heavy atom. The Labute approximate surface area is 183 Å². The molecule has 3 heterocycles. The minimum atomic E-state index is -0.253. The van der Waals surface area contributed by atoms with E-state index in [1.54, 1.807) is 16.8 Å². The van der Waals surface area contributed by atoms with Gasteiger partial charge in [0.25, 0.3) is 5.95 Å². The third-order valence-corrected chi connectivity index (χ3v) is 6.24. The van der Waals surface area contributed by atoms with E-state index in [1.165, 1.54) is 26.0 Å². The van der Waals surface area contributed by atoms with Crippen LogP contribution in [0.5, 0.6) is 17.2 Å². The maximum absolute atomic E-state index is 12.5. The molecule has 2 N–H and O–H groups in total. The topological polar surface area (TPSA) is 111 Å². The lowest BCUT2D eigenvalue weighted by atomic mass is 10.0. The number of nitrogens with zero attached hydrogens (tertiary/aromatic N) is 4. The predicted octanol–water partition coefficient (Wildman–Crippen LogP) is 3.09. The van der Waals surface area contributed by atoms with E-state index in [9.17, 15) is 9.90 Å². The van der Waals surface area contributed by atoms with E-state index in [0.29, 0.717) is 23.3 Å². The number of methoxy groups -OCH3 is 2. The fraction of sp³-hybridized carbons (Fsp3) is 0.333. The van der Waals surface area contributed by atoms with Crippen LogP contribution in [0.3, 0.4) is 0 Å². The van der Waals surface area contributed by atoms with E-state index < -0.39 is 0 Å². The molecule has 3 aromatic rings. The highest BCUT2D eigenvalue weighted by Crippen LogP contribution is 2.47. The zero-order valence-electron chi connectivity index (χ0n) is 17.9. The van der Waals surface area contributed by atoms with Gasteiger partial charge in [-0.3, -0.25) is 4.79 Å². The van der Waals surface area contributed by atoms with Gasteiger partial charge in [-0.2, -0.15) is 9.78 Å². The summed E-state index contributed by atoms with van der Waals surface area (Å²) in [6.07, 6.45) is 0. The van der Waals surface area contributed by atoms with Crippen LogP contribution in [0.2, 0.25) is 0 Å². The van der Waals surface area contributed by atoms with Gasteiger partial charge in [-0.05, 0) is 44.5 Å². The molecule has 0 bridgehead atoms. The summed E-state index contributed by atoms with van der Waals surface area (Å²) in [6.45, 7) is 5.66. The van der Waals surface area contributed by atoms with Crippen LogP contribution in [0.4, 0.5) is 5.82 Å². The molecule has 0 saturated heterocycles. The highest BCUT2D eigenvalue weighted by molar-refractivity contribution is 8.00. The van der Waals surface area contributed by atoms with Gasteiger partial charge in [0.05, 0.1) is 30.9 Å². The Bertz CT molecular complexity index is 1130.